The molecular formula is C19H10F18N2O3. The fourth-order valence-electron chi connectivity index (χ4n) is 3.90. The molecule has 0 amide bonds. The number of halogens is 18. The molecule has 0 fully saturated rings. The third kappa shape index (κ3) is 4.59. The summed E-state index contributed by atoms with van der Waals surface area (Å²) in [6.45, 7) is 0. The summed E-state index contributed by atoms with van der Waals surface area (Å²) in [5.41, 5.74) is -24.2. The highest BCUT2D eigenvalue weighted by atomic mass is 19.4. The lowest BCUT2D eigenvalue weighted by Crippen LogP contribution is -2.57. The van der Waals surface area contributed by atoms with E-state index in [4.69, 9.17) is 11.5 Å². The molecule has 240 valence electrons. The van der Waals surface area contributed by atoms with E-state index in [1.807, 2.05) is 0 Å². The predicted molar refractivity (Wildman–Crippen MR) is 101 cm³/mol. The van der Waals surface area contributed by atoms with Crippen molar-refractivity contribution < 1.29 is 94.3 Å². The minimum Gasteiger partial charge on any atom is -0.398 e. The van der Waals surface area contributed by atoms with Crippen LogP contribution >= 0.6 is 0 Å². The molecule has 0 aliphatic carbocycles. The minimum absolute atomic E-state index is 0.315. The van der Waals surface area contributed by atoms with E-state index in [0.717, 1.165) is 0 Å². The van der Waals surface area contributed by atoms with E-state index in [0.29, 0.717) is 0 Å². The van der Waals surface area contributed by atoms with Gasteiger partial charge in [-0.05, 0) is 17.5 Å². The molecule has 0 spiro atoms. The van der Waals surface area contributed by atoms with Crippen LogP contribution in [0.2, 0.25) is 0 Å². The van der Waals surface area contributed by atoms with Crippen molar-refractivity contribution in [3.05, 3.63) is 34.9 Å². The summed E-state index contributed by atoms with van der Waals surface area (Å²) >= 11 is 0. The molecule has 0 aliphatic heterocycles. The first-order chi connectivity index (χ1) is 18.2. The molecule has 7 N–H and O–H groups in total. The molecule has 0 aromatic heterocycles. The zero-order valence-electron chi connectivity index (χ0n) is 19.0. The fourth-order valence-corrected chi connectivity index (χ4v) is 3.90. The van der Waals surface area contributed by atoms with Gasteiger partial charge in [0.2, 0.25) is 0 Å². The van der Waals surface area contributed by atoms with Gasteiger partial charge >= 0.3 is 37.1 Å². The Morgan fingerprint density at radius 1 is 0.405 bits per heavy atom. The maximum Gasteiger partial charge on any atom is 0.430 e. The topological polar surface area (TPSA) is 113 Å². The molecule has 0 heterocycles. The Kier molecular flexibility index (Phi) is 7.70. The molecular weight excluding hydrogens is 646 g/mol. The lowest BCUT2D eigenvalue weighted by molar-refractivity contribution is -0.378. The third-order valence-electron chi connectivity index (χ3n) is 5.99. The number of nitrogens with two attached hydrogens (primary N) is 2. The van der Waals surface area contributed by atoms with Crippen LogP contribution in [-0.2, 0) is 16.8 Å². The molecule has 0 saturated heterocycles. The number of hydrogen-bond acceptors (Lipinski definition) is 5. The molecule has 0 atom stereocenters. The van der Waals surface area contributed by atoms with Crippen LogP contribution in [0.5, 0.6) is 0 Å². The van der Waals surface area contributed by atoms with Gasteiger partial charge in [-0.3, -0.25) is 0 Å². The molecule has 42 heavy (non-hydrogen) atoms. The van der Waals surface area contributed by atoms with Gasteiger partial charge in [0, 0.05) is 33.5 Å². The van der Waals surface area contributed by atoms with Crippen LogP contribution in [0.25, 0.3) is 10.8 Å². The van der Waals surface area contributed by atoms with Crippen molar-refractivity contribution in [2.24, 2.45) is 0 Å². The third-order valence-corrected chi connectivity index (χ3v) is 5.99. The van der Waals surface area contributed by atoms with Gasteiger partial charge in [0.1, 0.15) is 0 Å². The van der Waals surface area contributed by atoms with E-state index in [2.05, 4.69) is 0 Å². The lowest BCUT2D eigenvalue weighted by Gasteiger charge is -2.39. The van der Waals surface area contributed by atoms with Crippen molar-refractivity contribution >= 4 is 22.1 Å². The second kappa shape index (κ2) is 9.21. The number of alkyl halides is 18. The molecule has 2 aromatic carbocycles. The predicted octanol–water partition coefficient (Wildman–Crippen LogP) is 5.94. The van der Waals surface area contributed by atoms with Crippen molar-refractivity contribution in [1.82, 2.24) is 0 Å². The minimum atomic E-state index is -7.41. The highest BCUT2D eigenvalue weighted by Gasteiger charge is 2.76. The standard InChI is InChI=1S/C19H10F18N2O3/c20-14(21,22)11(40,15(23,24)25)4-1-2-7(38)9-8(4)5(12(41,16(26,27)28)17(29,30)31)3-6(10(9)39)13(42,18(32,33)34)19(35,36)37/h1-3,40-42H,38-39H2. The van der Waals surface area contributed by atoms with Gasteiger partial charge in [0.05, 0.1) is 0 Å². The van der Waals surface area contributed by atoms with Gasteiger partial charge in [-0.1, -0.05) is 6.07 Å². The summed E-state index contributed by atoms with van der Waals surface area (Å²) in [6.07, 6.45) is -43.5. The van der Waals surface area contributed by atoms with E-state index in [1.54, 1.807) is 0 Å². The zero-order valence-corrected chi connectivity index (χ0v) is 19.0. The van der Waals surface area contributed by atoms with Crippen LogP contribution in [0.15, 0.2) is 18.2 Å². The first-order valence-corrected chi connectivity index (χ1v) is 9.89. The van der Waals surface area contributed by atoms with Gasteiger partial charge < -0.3 is 26.8 Å². The van der Waals surface area contributed by atoms with E-state index in [9.17, 15) is 94.3 Å². The van der Waals surface area contributed by atoms with Crippen LogP contribution in [0.4, 0.5) is 90.4 Å². The Bertz CT molecular complexity index is 1320. The number of anilines is 2. The van der Waals surface area contributed by atoms with Crippen molar-refractivity contribution in [3.8, 4) is 0 Å². The van der Waals surface area contributed by atoms with Gasteiger partial charge in [-0.2, -0.15) is 79.0 Å². The van der Waals surface area contributed by atoms with E-state index in [-0.39, 0.29) is 6.07 Å². The van der Waals surface area contributed by atoms with Gasteiger partial charge in [-0.15, -0.1) is 0 Å². The first kappa shape index (κ1) is 35.1. The Morgan fingerprint density at radius 2 is 0.690 bits per heavy atom. The highest BCUT2D eigenvalue weighted by molar-refractivity contribution is 6.07. The smallest absolute Gasteiger partial charge is 0.398 e. The summed E-state index contributed by atoms with van der Waals surface area (Å²) in [7, 11) is 0. The van der Waals surface area contributed by atoms with Crippen LogP contribution in [0, 0.1) is 0 Å². The number of fused-ring (bicyclic) bond motifs is 1. The summed E-state index contributed by atoms with van der Waals surface area (Å²) in [5.74, 6) is 0. The van der Waals surface area contributed by atoms with Crippen LogP contribution in [-0.4, -0.2) is 52.4 Å². The molecule has 2 aromatic rings. The number of aliphatic hydroxyl groups is 3. The highest BCUT2D eigenvalue weighted by Crippen LogP contribution is 2.60. The maximum atomic E-state index is 13.8. The number of hydrogen-bond donors (Lipinski definition) is 5. The molecule has 0 aliphatic rings. The normalized spacial score (nSPS) is 15.5. The molecule has 23 heteroatoms. The Balaban J connectivity index is 3.64. The Labute approximate surface area is 217 Å². The molecule has 0 unspecified atom stereocenters. The SMILES string of the molecule is Nc1ccc(C(O)(C(F)(F)F)C(F)(F)F)c2c(C(O)(C(F)(F)F)C(F)(F)F)cc(C(O)(C(F)(F)F)C(F)(F)F)c(N)c12. The van der Waals surface area contributed by atoms with E-state index in [1.165, 1.54) is 0 Å². The van der Waals surface area contributed by atoms with Crippen molar-refractivity contribution in [2.75, 3.05) is 11.5 Å². The average Bonchev–Trinajstić information content (AvgIpc) is 2.73. The van der Waals surface area contributed by atoms with Gasteiger partial charge in [0.25, 0.3) is 16.8 Å². The van der Waals surface area contributed by atoms with Crippen molar-refractivity contribution in [3.63, 3.8) is 0 Å². The monoisotopic (exact) mass is 656 g/mol. The number of rotatable bonds is 3. The number of benzene rings is 2. The van der Waals surface area contributed by atoms with Crippen LogP contribution in [0.1, 0.15) is 16.7 Å². The van der Waals surface area contributed by atoms with Gasteiger partial charge in [0.15, 0.2) is 0 Å². The lowest BCUT2D eigenvalue weighted by atomic mass is 9.76. The summed E-state index contributed by atoms with van der Waals surface area (Å²) in [6, 6.07) is -2.71. The first-order valence-electron chi connectivity index (χ1n) is 9.89. The molecule has 0 bridgehead atoms. The molecule has 2 rings (SSSR count). The van der Waals surface area contributed by atoms with E-state index >= 15 is 0 Å². The van der Waals surface area contributed by atoms with Crippen molar-refractivity contribution in [1.29, 1.82) is 0 Å². The van der Waals surface area contributed by atoms with Crippen LogP contribution < -0.4 is 11.5 Å². The average molecular weight is 656 g/mol. The fraction of sp³-hybridized carbons (Fsp3) is 0.474. The Morgan fingerprint density at radius 3 is 1.00 bits per heavy atom. The number of nitrogen functional groups attached to an aromatic ring is 2. The summed E-state index contributed by atoms with van der Waals surface area (Å²) in [5, 5.41) is 23.8. The summed E-state index contributed by atoms with van der Waals surface area (Å²) in [4.78, 5) is 0. The summed E-state index contributed by atoms with van der Waals surface area (Å²) < 4.78 is 246. The second-order valence-electron chi connectivity index (χ2n) is 8.46. The molecule has 0 radical (unpaired) electrons. The molecule has 0 saturated carbocycles. The molecule has 5 nitrogen and oxygen atoms in total. The quantitative estimate of drug-likeness (QED) is 0.208. The van der Waals surface area contributed by atoms with Crippen LogP contribution in [0.3, 0.4) is 0 Å². The Hall–Kier alpha value is -3.08. The van der Waals surface area contributed by atoms with Gasteiger partial charge in [-0.25, -0.2) is 0 Å². The second-order valence-corrected chi connectivity index (χ2v) is 8.46. The van der Waals surface area contributed by atoms with Crippen molar-refractivity contribution in [2.45, 2.75) is 53.9 Å². The maximum absolute atomic E-state index is 13.8. The zero-order chi connectivity index (χ0) is 33.7. The largest absolute Gasteiger partial charge is 0.430 e. The van der Waals surface area contributed by atoms with E-state index < -0.39 is 105 Å².